The Balaban J connectivity index is 1.56. The topological polar surface area (TPSA) is 83.4 Å². The maximum absolute atomic E-state index is 13.8. The summed E-state index contributed by atoms with van der Waals surface area (Å²) in [4.78, 5) is 39.3. The highest BCUT2D eigenvalue weighted by molar-refractivity contribution is 6.04. The Morgan fingerprint density at radius 2 is 1.82 bits per heavy atom. The molecule has 0 aliphatic carbocycles. The molecule has 2 aliphatic heterocycles. The summed E-state index contributed by atoms with van der Waals surface area (Å²) in [7, 11) is 0. The molecule has 206 valence electrons. The summed E-state index contributed by atoms with van der Waals surface area (Å²) in [6.45, 7) is 12.5. The van der Waals surface area contributed by atoms with E-state index in [1.54, 1.807) is 12.1 Å². The second kappa shape index (κ2) is 11.3. The van der Waals surface area contributed by atoms with Gasteiger partial charge < -0.3 is 9.47 Å². The molecule has 2 aliphatic rings. The second-order valence-electron chi connectivity index (χ2n) is 10.9. The number of fused-ring (bicyclic) bond motifs is 1. The summed E-state index contributed by atoms with van der Waals surface area (Å²) >= 11 is 0. The quantitative estimate of drug-likeness (QED) is 0.457. The molecule has 2 aromatic heterocycles. The number of carbonyl (C=O) groups excluding carboxylic acids is 2. The van der Waals surface area contributed by atoms with E-state index in [1.807, 2.05) is 24.8 Å². The van der Waals surface area contributed by atoms with Crippen LogP contribution in [-0.2, 0) is 11.3 Å². The van der Waals surface area contributed by atoms with Crippen molar-refractivity contribution in [3.8, 4) is 0 Å². The molecule has 0 saturated carbocycles. The zero-order valence-corrected chi connectivity index (χ0v) is 23.0. The highest BCUT2D eigenvalue weighted by Gasteiger charge is 2.28. The second-order valence-corrected chi connectivity index (χ2v) is 10.9. The number of rotatable bonds is 6. The fourth-order valence-corrected chi connectivity index (χ4v) is 6.03. The molecule has 8 nitrogen and oxygen atoms in total. The molecule has 39 heavy (non-hydrogen) atoms. The van der Waals surface area contributed by atoms with E-state index in [9.17, 15) is 14.0 Å². The van der Waals surface area contributed by atoms with Gasteiger partial charge in [0.2, 0.25) is 11.9 Å². The molecule has 2 amide bonds. The molecule has 9 heteroatoms. The molecule has 2 unspecified atom stereocenters. The third-order valence-electron chi connectivity index (χ3n) is 7.72. The maximum Gasteiger partial charge on any atom is 0.258 e. The van der Waals surface area contributed by atoms with E-state index in [2.05, 4.69) is 39.3 Å². The Bertz CT molecular complexity index is 1400. The predicted molar refractivity (Wildman–Crippen MR) is 151 cm³/mol. The van der Waals surface area contributed by atoms with Crippen molar-refractivity contribution in [2.45, 2.75) is 65.2 Å². The van der Waals surface area contributed by atoms with Crippen LogP contribution >= 0.6 is 0 Å². The molecule has 2 saturated heterocycles. The molecule has 1 aromatic carbocycles. The number of benzene rings is 1. The molecule has 3 aromatic rings. The van der Waals surface area contributed by atoms with Gasteiger partial charge in [-0.15, -0.1) is 0 Å². The molecule has 0 radical (unpaired) electrons. The molecule has 2 fully saturated rings. The minimum atomic E-state index is -0.771. The number of hydrogen-bond donors (Lipinski definition) is 1. The summed E-state index contributed by atoms with van der Waals surface area (Å²) in [6.07, 6.45) is 3.89. The number of pyridine rings is 1. The number of hydrogen-bond acceptors (Lipinski definition) is 5. The number of carbonyl (C=O) groups is 2. The SMILES string of the molecule is C=CC(=O)N1CCCCC(n2c(NC(=O)c3cc(C)nc(C)c3)nc3cc(CN4CCC(F)C4)cc(C)c32)C1. The van der Waals surface area contributed by atoms with Crippen LogP contribution in [0.5, 0.6) is 0 Å². The Labute approximate surface area is 228 Å². The van der Waals surface area contributed by atoms with Gasteiger partial charge in [0, 0.05) is 49.7 Å². The summed E-state index contributed by atoms with van der Waals surface area (Å²) in [5.41, 5.74) is 5.90. The summed E-state index contributed by atoms with van der Waals surface area (Å²) in [5, 5.41) is 3.07. The Kier molecular flexibility index (Phi) is 7.79. The van der Waals surface area contributed by atoms with Gasteiger partial charge in [-0.1, -0.05) is 12.6 Å². The van der Waals surface area contributed by atoms with Crippen molar-refractivity contribution in [2.75, 3.05) is 31.5 Å². The van der Waals surface area contributed by atoms with Gasteiger partial charge in [0.15, 0.2) is 0 Å². The first-order chi connectivity index (χ1) is 18.7. The molecule has 0 spiro atoms. The van der Waals surface area contributed by atoms with Crippen molar-refractivity contribution in [1.82, 2.24) is 24.3 Å². The number of likely N-dealkylation sites (tertiary alicyclic amines) is 2. The molecular weight excluding hydrogens is 495 g/mol. The average molecular weight is 533 g/mol. The normalized spacial score (nSPS) is 20.3. The maximum atomic E-state index is 13.8. The number of aromatic nitrogens is 3. The number of halogens is 1. The van der Waals surface area contributed by atoms with Crippen LogP contribution in [0.4, 0.5) is 10.3 Å². The van der Waals surface area contributed by atoms with Crippen LogP contribution in [0.3, 0.4) is 0 Å². The van der Waals surface area contributed by atoms with Gasteiger partial charge in [-0.2, -0.15) is 0 Å². The number of imidazole rings is 1. The van der Waals surface area contributed by atoms with Crippen LogP contribution in [0.2, 0.25) is 0 Å². The largest absolute Gasteiger partial charge is 0.337 e. The van der Waals surface area contributed by atoms with E-state index in [4.69, 9.17) is 4.98 Å². The highest BCUT2D eigenvalue weighted by Crippen LogP contribution is 2.33. The summed E-state index contributed by atoms with van der Waals surface area (Å²) < 4.78 is 15.9. The molecule has 0 bridgehead atoms. The van der Waals surface area contributed by atoms with E-state index in [1.165, 1.54) is 6.08 Å². The molecule has 2 atom stereocenters. The van der Waals surface area contributed by atoms with Crippen molar-refractivity contribution in [2.24, 2.45) is 0 Å². The standard InChI is InChI=1S/C30H37FN6O2/c1-5-27(38)36-10-7-6-8-25(18-36)37-28-19(2)12-22(16-35-11-9-24(31)17-35)15-26(28)33-30(37)34-29(39)23-13-20(3)32-21(4)14-23/h5,12-15,24-25H,1,6-11,16-18H2,2-4H3,(H,33,34,39). The lowest BCUT2D eigenvalue weighted by Crippen LogP contribution is -2.34. The van der Waals surface area contributed by atoms with E-state index in [0.717, 1.165) is 59.4 Å². The van der Waals surface area contributed by atoms with Gasteiger partial charge >= 0.3 is 0 Å². The third-order valence-corrected chi connectivity index (χ3v) is 7.72. The number of nitrogens with zero attached hydrogens (tertiary/aromatic N) is 5. The summed E-state index contributed by atoms with van der Waals surface area (Å²) in [5.74, 6) is 0.123. The number of anilines is 1. The monoisotopic (exact) mass is 532 g/mol. The van der Waals surface area contributed by atoms with Gasteiger partial charge in [-0.05, 0) is 81.9 Å². The van der Waals surface area contributed by atoms with Gasteiger partial charge in [0.1, 0.15) is 6.17 Å². The van der Waals surface area contributed by atoms with E-state index < -0.39 is 6.17 Å². The first-order valence-electron chi connectivity index (χ1n) is 13.8. The van der Waals surface area contributed by atoms with Crippen LogP contribution in [0.15, 0.2) is 36.9 Å². The van der Waals surface area contributed by atoms with Gasteiger partial charge in [-0.3, -0.25) is 24.8 Å². The molecule has 4 heterocycles. The van der Waals surface area contributed by atoms with Gasteiger partial charge in [0.05, 0.1) is 17.1 Å². The molecular formula is C30H37FN6O2. The number of amides is 2. The summed E-state index contributed by atoms with van der Waals surface area (Å²) in [6, 6.07) is 7.65. The predicted octanol–water partition coefficient (Wildman–Crippen LogP) is 4.89. The van der Waals surface area contributed by atoms with Gasteiger partial charge in [0.25, 0.3) is 5.91 Å². The lowest BCUT2D eigenvalue weighted by Gasteiger charge is -2.26. The van der Waals surface area contributed by atoms with Crippen LogP contribution in [0.25, 0.3) is 11.0 Å². The zero-order chi connectivity index (χ0) is 27.7. The Morgan fingerprint density at radius 3 is 2.51 bits per heavy atom. The van der Waals surface area contributed by atoms with Crippen LogP contribution < -0.4 is 5.32 Å². The minimum absolute atomic E-state index is 0.0620. The first kappa shape index (κ1) is 27.0. The third kappa shape index (κ3) is 5.88. The average Bonchev–Trinajstić information content (AvgIpc) is 3.36. The van der Waals surface area contributed by atoms with Gasteiger partial charge in [-0.25, -0.2) is 9.37 Å². The first-order valence-corrected chi connectivity index (χ1v) is 13.8. The molecule has 1 N–H and O–H groups in total. The number of alkyl halides is 1. The van der Waals surface area contributed by atoms with E-state index >= 15 is 0 Å². The smallest absolute Gasteiger partial charge is 0.258 e. The molecule has 5 rings (SSSR count). The van der Waals surface area contributed by atoms with Crippen molar-refractivity contribution >= 4 is 28.8 Å². The fraction of sp³-hybridized carbons (Fsp3) is 0.467. The van der Waals surface area contributed by atoms with Crippen molar-refractivity contribution < 1.29 is 14.0 Å². The fourth-order valence-electron chi connectivity index (χ4n) is 6.03. The number of nitrogens with one attached hydrogen (secondary N) is 1. The van der Waals surface area contributed by atoms with E-state index in [-0.39, 0.29) is 17.9 Å². The minimum Gasteiger partial charge on any atom is -0.337 e. The lowest BCUT2D eigenvalue weighted by atomic mass is 10.1. The Morgan fingerprint density at radius 1 is 1.05 bits per heavy atom. The number of aryl methyl sites for hydroxylation is 3. The van der Waals surface area contributed by atoms with Crippen molar-refractivity contribution in [1.29, 1.82) is 0 Å². The zero-order valence-electron chi connectivity index (χ0n) is 23.0. The van der Waals surface area contributed by atoms with Crippen LogP contribution in [0, 0.1) is 20.8 Å². The van der Waals surface area contributed by atoms with Crippen LogP contribution in [-0.4, -0.2) is 68.5 Å². The van der Waals surface area contributed by atoms with Crippen LogP contribution in [0.1, 0.15) is 64.6 Å². The van der Waals surface area contributed by atoms with Crippen molar-refractivity contribution in [3.63, 3.8) is 0 Å². The van der Waals surface area contributed by atoms with E-state index in [0.29, 0.717) is 44.1 Å². The highest BCUT2D eigenvalue weighted by atomic mass is 19.1. The lowest BCUT2D eigenvalue weighted by molar-refractivity contribution is -0.126. The Hall–Kier alpha value is -3.59. The van der Waals surface area contributed by atoms with Crippen molar-refractivity contribution in [3.05, 3.63) is 65.0 Å².